The average Bonchev–Trinajstić information content (AvgIpc) is 2.23. The Kier molecular flexibility index (Phi) is 4.92. The van der Waals surface area contributed by atoms with Crippen molar-refractivity contribution in [3.8, 4) is 0 Å². The highest BCUT2D eigenvalue weighted by Gasteiger charge is 2.21. The molecule has 0 heterocycles. The summed E-state index contributed by atoms with van der Waals surface area (Å²) in [6, 6.07) is 4.48. The van der Waals surface area contributed by atoms with Crippen LogP contribution >= 0.6 is 11.6 Å². The van der Waals surface area contributed by atoms with Gasteiger partial charge in [-0.2, -0.15) is 0 Å². The lowest BCUT2D eigenvalue weighted by Crippen LogP contribution is -2.29. The Labute approximate surface area is 106 Å². The van der Waals surface area contributed by atoms with Gasteiger partial charge >= 0.3 is 0 Å². The Morgan fingerprint density at radius 2 is 2.12 bits per heavy atom. The van der Waals surface area contributed by atoms with Gasteiger partial charge in [-0.1, -0.05) is 17.7 Å². The molecule has 1 unspecified atom stereocenters. The van der Waals surface area contributed by atoms with Crippen LogP contribution in [0.3, 0.4) is 0 Å². The summed E-state index contributed by atoms with van der Waals surface area (Å²) < 4.78 is 18.2. The van der Waals surface area contributed by atoms with Crippen LogP contribution in [-0.2, 0) is 11.2 Å². The van der Waals surface area contributed by atoms with Gasteiger partial charge in [0.15, 0.2) is 0 Å². The molecule has 96 valence electrons. The Balaban J connectivity index is 2.62. The molecule has 0 saturated heterocycles. The third-order valence-electron chi connectivity index (χ3n) is 2.74. The number of ether oxygens (including phenoxy) is 1. The number of hydrogen-bond donors (Lipinski definition) is 1. The molecule has 0 bridgehead atoms. The third kappa shape index (κ3) is 4.62. The molecule has 0 radical (unpaired) electrons. The molecule has 0 aliphatic rings. The fourth-order valence-electron chi connectivity index (χ4n) is 1.66. The monoisotopic (exact) mass is 260 g/mol. The third-order valence-corrected chi connectivity index (χ3v) is 3.02. The van der Waals surface area contributed by atoms with E-state index < -0.39 is 11.9 Å². The Hall–Kier alpha value is -0.640. The lowest BCUT2D eigenvalue weighted by atomic mass is 9.96. The number of hydrogen-bond acceptors (Lipinski definition) is 2. The molecule has 1 aromatic rings. The molecular formula is C13H18ClFO2. The van der Waals surface area contributed by atoms with E-state index in [4.69, 9.17) is 16.3 Å². The van der Waals surface area contributed by atoms with Crippen LogP contribution < -0.4 is 0 Å². The second-order valence-electron chi connectivity index (χ2n) is 4.77. The SMILES string of the molecule is COC(C)(C)CC(O)Cc1ccc(F)c(Cl)c1. The number of aliphatic hydroxyl groups is 1. The van der Waals surface area contributed by atoms with Crippen LogP contribution in [0.2, 0.25) is 5.02 Å². The van der Waals surface area contributed by atoms with Crippen molar-refractivity contribution in [3.63, 3.8) is 0 Å². The lowest BCUT2D eigenvalue weighted by molar-refractivity contribution is -0.0190. The van der Waals surface area contributed by atoms with E-state index in [9.17, 15) is 9.50 Å². The number of halogens is 2. The minimum Gasteiger partial charge on any atom is -0.393 e. The maximum absolute atomic E-state index is 12.9. The second kappa shape index (κ2) is 5.80. The maximum atomic E-state index is 12.9. The molecule has 1 N–H and O–H groups in total. The predicted octanol–water partition coefficient (Wildman–Crippen LogP) is 3.20. The predicted molar refractivity (Wildman–Crippen MR) is 66.8 cm³/mol. The minimum absolute atomic E-state index is 0.0840. The summed E-state index contributed by atoms with van der Waals surface area (Å²) in [5, 5.41) is 10.00. The van der Waals surface area contributed by atoms with Gasteiger partial charge in [-0.05, 0) is 38.0 Å². The van der Waals surface area contributed by atoms with Gasteiger partial charge in [0.05, 0.1) is 16.7 Å². The molecule has 0 aromatic heterocycles. The van der Waals surface area contributed by atoms with Gasteiger partial charge in [-0.15, -0.1) is 0 Å². The minimum atomic E-state index is -0.536. The summed E-state index contributed by atoms with van der Waals surface area (Å²) in [5.74, 6) is -0.442. The van der Waals surface area contributed by atoms with Crippen LogP contribution in [0.1, 0.15) is 25.8 Å². The van der Waals surface area contributed by atoms with Gasteiger partial charge < -0.3 is 9.84 Å². The van der Waals surface area contributed by atoms with E-state index in [-0.39, 0.29) is 10.6 Å². The average molecular weight is 261 g/mol. The van der Waals surface area contributed by atoms with Crippen molar-refractivity contribution in [2.24, 2.45) is 0 Å². The summed E-state index contributed by atoms with van der Waals surface area (Å²) in [6.07, 6.45) is 0.414. The van der Waals surface area contributed by atoms with Crippen molar-refractivity contribution in [2.75, 3.05) is 7.11 Å². The lowest BCUT2D eigenvalue weighted by Gasteiger charge is -2.25. The van der Waals surface area contributed by atoms with Crippen LogP contribution in [0.5, 0.6) is 0 Å². The summed E-state index contributed by atoms with van der Waals surface area (Å²) >= 11 is 5.68. The number of aliphatic hydroxyl groups excluding tert-OH is 1. The molecule has 17 heavy (non-hydrogen) atoms. The van der Waals surface area contributed by atoms with Gasteiger partial charge in [0.2, 0.25) is 0 Å². The summed E-state index contributed by atoms with van der Waals surface area (Å²) in [6.45, 7) is 3.82. The summed E-state index contributed by atoms with van der Waals surface area (Å²) in [5.41, 5.74) is 0.444. The van der Waals surface area contributed by atoms with Crippen LogP contribution in [-0.4, -0.2) is 23.9 Å². The first-order valence-electron chi connectivity index (χ1n) is 5.51. The molecule has 1 atom stereocenters. The molecule has 1 aromatic carbocycles. The second-order valence-corrected chi connectivity index (χ2v) is 5.18. The molecule has 0 aliphatic carbocycles. The van der Waals surface area contributed by atoms with Gasteiger partial charge in [0.25, 0.3) is 0 Å². The highest BCUT2D eigenvalue weighted by atomic mass is 35.5. The van der Waals surface area contributed by atoms with Crippen molar-refractivity contribution >= 4 is 11.6 Å². The van der Waals surface area contributed by atoms with E-state index in [2.05, 4.69) is 0 Å². The van der Waals surface area contributed by atoms with Crippen molar-refractivity contribution in [3.05, 3.63) is 34.6 Å². The number of methoxy groups -OCH3 is 1. The highest BCUT2D eigenvalue weighted by molar-refractivity contribution is 6.30. The van der Waals surface area contributed by atoms with E-state index in [1.165, 1.54) is 6.07 Å². The zero-order valence-electron chi connectivity index (χ0n) is 10.3. The topological polar surface area (TPSA) is 29.5 Å². The van der Waals surface area contributed by atoms with E-state index in [0.717, 1.165) is 5.56 Å². The van der Waals surface area contributed by atoms with E-state index >= 15 is 0 Å². The number of benzene rings is 1. The normalized spacial score (nSPS) is 13.8. The summed E-state index contributed by atoms with van der Waals surface area (Å²) in [7, 11) is 1.61. The van der Waals surface area contributed by atoms with Crippen LogP contribution in [0.4, 0.5) is 4.39 Å². The van der Waals surface area contributed by atoms with Crippen LogP contribution in [0.15, 0.2) is 18.2 Å². The smallest absolute Gasteiger partial charge is 0.141 e. The van der Waals surface area contributed by atoms with Gasteiger partial charge in [-0.3, -0.25) is 0 Å². The van der Waals surface area contributed by atoms with Gasteiger partial charge in [0.1, 0.15) is 5.82 Å². The summed E-state index contributed by atoms with van der Waals surface area (Å²) in [4.78, 5) is 0. The molecular weight excluding hydrogens is 243 g/mol. The molecule has 0 aliphatic heterocycles. The van der Waals surface area contributed by atoms with Crippen LogP contribution in [0.25, 0.3) is 0 Å². The molecule has 0 fully saturated rings. The first-order chi connectivity index (χ1) is 7.84. The van der Waals surface area contributed by atoms with Crippen LogP contribution in [0, 0.1) is 5.82 Å². The number of rotatable bonds is 5. The maximum Gasteiger partial charge on any atom is 0.141 e. The van der Waals surface area contributed by atoms with Gasteiger partial charge in [-0.25, -0.2) is 4.39 Å². The van der Waals surface area contributed by atoms with Crippen molar-refractivity contribution in [2.45, 2.75) is 38.4 Å². The largest absolute Gasteiger partial charge is 0.393 e. The first-order valence-corrected chi connectivity index (χ1v) is 5.89. The highest BCUT2D eigenvalue weighted by Crippen LogP contribution is 2.21. The standard InChI is InChI=1S/C13H18ClFO2/c1-13(2,17-3)8-10(16)6-9-4-5-12(15)11(14)7-9/h4-5,7,10,16H,6,8H2,1-3H3. The molecule has 4 heteroatoms. The zero-order chi connectivity index (χ0) is 13.1. The Morgan fingerprint density at radius 1 is 1.47 bits per heavy atom. The fourth-order valence-corrected chi connectivity index (χ4v) is 1.86. The van der Waals surface area contributed by atoms with Crippen molar-refractivity contribution in [1.29, 1.82) is 0 Å². The quantitative estimate of drug-likeness (QED) is 0.881. The van der Waals surface area contributed by atoms with Gasteiger partial charge in [0, 0.05) is 13.5 Å². The molecule has 1 rings (SSSR count). The van der Waals surface area contributed by atoms with E-state index in [1.54, 1.807) is 19.2 Å². The van der Waals surface area contributed by atoms with Crippen molar-refractivity contribution < 1.29 is 14.2 Å². The van der Waals surface area contributed by atoms with Crippen molar-refractivity contribution in [1.82, 2.24) is 0 Å². The Morgan fingerprint density at radius 3 is 2.65 bits per heavy atom. The molecule has 0 amide bonds. The molecule has 0 spiro atoms. The van der Waals surface area contributed by atoms with E-state index in [0.29, 0.717) is 12.8 Å². The fraction of sp³-hybridized carbons (Fsp3) is 0.538. The van der Waals surface area contributed by atoms with E-state index in [1.807, 2.05) is 13.8 Å². The molecule has 0 saturated carbocycles. The first kappa shape index (κ1) is 14.4. The zero-order valence-corrected chi connectivity index (χ0v) is 11.1. The molecule has 2 nitrogen and oxygen atoms in total. The Bertz CT molecular complexity index is 380.